The second-order valence-corrected chi connectivity index (χ2v) is 5.47. The molecule has 3 rings (SSSR count). The molecule has 3 aromatic carbocycles. The van der Waals surface area contributed by atoms with E-state index in [0.29, 0.717) is 0 Å². The van der Waals surface area contributed by atoms with Crippen molar-refractivity contribution in [2.75, 3.05) is 11.4 Å². The lowest BCUT2D eigenvalue weighted by molar-refractivity contribution is 1.02. The van der Waals surface area contributed by atoms with Crippen LogP contribution in [0.15, 0.2) is 91.6 Å². The molecule has 0 saturated heterocycles. The van der Waals surface area contributed by atoms with Crippen LogP contribution in [0, 0.1) is 0 Å². The van der Waals surface area contributed by atoms with Crippen LogP contribution >= 0.6 is 0 Å². The summed E-state index contributed by atoms with van der Waals surface area (Å²) in [4.78, 5) is 2.17. The smallest absolute Gasteiger partial charge is 0.0418 e. The van der Waals surface area contributed by atoms with Crippen LogP contribution in [0.3, 0.4) is 0 Å². The lowest BCUT2D eigenvalue weighted by Crippen LogP contribution is -2.14. The number of rotatable bonds is 5. The van der Waals surface area contributed by atoms with Gasteiger partial charge in [-0.2, -0.15) is 0 Å². The maximum Gasteiger partial charge on any atom is 0.0418 e. The Morgan fingerprint density at radius 1 is 0.739 bits per heavy atom. The fourth-order valence-corrected chi connectivity index (χ4v) is 2.79. The summed E-state index contributed by atoms with van der Waals surface area (Å²) in [7, 11) is 0. The van der Waals surface area contributed by atoms with E-state index >= 15 is 0 Å². The van der Waals surface area contributed by atoms with Crippen LogP contribution in [0.4, 0.5) is 5.69 Å². The van der Waals surface area contributed by atoms with E-state index in [0.717, 1.165) is 6.54 Å². The third-order valence-electron chi connectivity index (χ3n) is 4.02. The van der Waals surface area contributed by atoms with Gasteiger partial charge in [0.1, 0.15) is 0 Å². The lowest BCUT2D eigenvalue weighted by Gasteiger charge is -2.20. The van der Waals surface area contributed by atoms with Crippen LogP contribution in [0.1, 0.15) is 6.92 Å². The number of hydrogen-bond donors (Lipinski definition) is 0. The largest absolute Gasteiger partial charge is 0.349 e. The maximum absolute atomic E-state index is 3.94. The molecule has 0 amide bonds. The van der Waals surface area contributed by atoms with Gasteiger partial charge in [-0.15, -0.1) is 0 Å². The number of benzene rings is 3. The van der Waals surface area contributed by atoms with E-state index in [1.807, 2.05) is 18.3 Å². The van der Waals surface area contributed by atoms with E-state index in [4.69, 9.17) is 0 Å². The van der Waals surface area contributed by atoms with Crippen LogP contribution in [-0.2, 0) is 0 Å². The SMILES string of the molecule is C=CN(CC)c1cc(-c2ccccc2)cc(-c2ccccc2)c1. The summed E-state index contributed by atoms with van der Waals surface area (Å²) in [6.45, 7) is 6.98. The van der Waals surface area contributed by atoms with Gasteiger partial charge < -0.3 is 4.90 Å². The molecule has 1 heteroatoms. The van der Waals surface area contributed by atoms with Crippen molar-refractivity contribution in [2.24, 2.45) is 0 Å². The summed E-state index contributed by atoms with van der Waals surface area (Å²) < 4.78 is 0. The molecule has 0 fully saturated rings. The molecule has 0 N–H and O–H groups in total. The fourth-order valence-electron chi connectivity index (χ4n) is 2.79. The van der Waals surface area contributed by atoms with Crippen LogP contribution in [0.25, 0.3) is 22.3 Å². The Morgan fingerprint density at radius 3 is 1.61 bits per heavy atom. The quantitative estimate of drug-likeness (QED) is 0.559. The summed E-state index contributed by atoms with van der Waals surface area (Å²) in [6.07, 6.45) is 1.89. The highest BCUT2D eigenvalue weighted by Crippen LogP contribution is 2.32. The van der Waals surface area contributed by atoms with Crippen LogP contribution in [0.5, 0.6) is 0 Å². The Morgan fingerprint density at radius 2 is 1.22 bits per heavy atom. The minimum Gasteiger partial charge on any atom is -0.349 e. The van der Waals surface area contributed by atoms with Crippen molar-refractivity contribution in [3.63, 3.8) is 0 Å². The highest BCUT2D eigenvalue weighted by atomic mass is 15.1. The normalized spacial score (nSPS) is 10.3. The number of hydrogen-bond acceptors (Lipinski definition) is 1. The molecule has 0 bridgehead atoms. The highest BCUT2D eigenvalue weighted by molar-refractivity contribution is 5.78. The molecule has 0 heterocycles. The van der Waals surface area contributed by atoms with Gasteiger partial charge in [-0.25, -0.2) is 0 Å². The minimum atomic E-state index is 0.899. The van der Waals surface area contributed by atoms with E-state index in [2.05, 4.69) is 85.1 Å². The maximum atomic E-state index is 3.94. The van der Waals surface area contributed by atoms with Crippen molar-refractivity contribution in [2.45, 2.75) is 6.92 Å². The molecule has 114 valence electrons. The molecule has 0 aliphatic rings. The summed E-state index contributed by atoms with van der Waals surface area (Å²) >= 11 is 0. The van der Waals surface area contributed by atoms with Gasteiger partial charge in [-0.05, 0) is 53.6 Å². The second kappa shape index (κ2) is 6.97. The monoisotopic (exact) mass is 299 g/mol. The van der Waals surface area contributed by atoms with E-state index < -0.39 is 0 Å². The average Bonchev–Trinajstić information content (AvgIpc) is 2.64. The molecule has 0 aliphatic heterocycles. The van der Waals surface area contributed by atoms with E-state index in [1.54, 1.807) is 0 Å². The first kappa shape index (κ1) is 15.1. The predicted molar refractivity (Wildman–Crippen MR) is 101 cm³/mol. The number of anilines is 1. The molecule has 0 atom stereocenters. The first-order valence-corrected chi connectivity index (χ1v) is 7.97. The van der Waals surface area contributed by atoms with E-state index in [-0.39, 0.29) is 0 Å². The molecule has 0 aromatic heterocycles. The topological polar surface area (TPSA) is 3.24 Å². The first-order valence-electron chi connectivity index (χ1n) is 7.97. The van der Waals surface area contributed by atoms with Crippen LogP contribution in [0.2, 0.25) is 0 Å². The van der Waals surface area contributed by atoms with Gasteiger partial charge in [0.05, 0.1) is 0 Å². The summed E-state index contributed by atoms with van der Waals surface area (Å²) in [5.41, 5.74) is 6.07. The van der Waals surface area contributed by atoms with Gasteiger partial charge in [0.25, 0.3) is 0 Å². The zero-order valence-corrected chi connectivity index (χ0v) is 13.4. The van der Waals surface area contributed by atoms with Gasteiger partial charge in [-0.1, -0.05) is 67.2 Å². The van der Waals surface area contributed by atoms with Crippen molar-refractivity contribution in [1.82, 2.24) is 0 Å². The first-order chi connectivity index (χ1) is 11.3. The molecular formula is C22H21N. The van der Waals surface area contributed by atoms with Gasteiger partial charge in [0, 0.05) is 12.2 Å². The van der Waals surface area contributed by atoms with Gasteiger partial charge in [0.2, 0.25) is 0 Å². The van der Waals surface area contributed by atoms with Gasteiger partial charge in [0.15, 0.2) is 0 Å². The third-order valence-corrected chi connectivity index (χ3v) is 4.02. The Bertz CT molecular complexity index is 718. The van der Waals surface area contributed by atoms with Gasteiger partial charge >= 0.3 is 0 Å². The molecular weight excluding hydrogens is 278 g/mol. The van der Waals surface area contributed by atoms with Crippen molar-refractivity contribution in [3.05, 3.63) is 91.6 Å². The van der Waals surface area contributed by atoms with Crippen LogP contribution in [-0.4, -0.2) is 6.54 Å². The Kier molecular flexibility index (Phi) is 4.58. The van der Waals surface area contributed by atoms with Crippen molar-refractivity contribution >= 4 is 5.69 Å². The molecule has 0 aliphatic carbocycles. The molecule has 0 spiro atoms. The summed E-state index contributed by atoms with van der Waals surface area (Å²) in [5.74, 6) is 0. The Balaban J connectivity index is 2.16. The standard InChI is InChI=1S/C22H21N/c1-3-23(4-2)22-16-20(18-11-7-5-8-12-18)15-21(17-22)19-13-9-6-10-14-19/h3,5-17H,1,4H2,2H3. The third kappa shape index (κ3) is 3.35. The predicted octanol–water partition coefficient (Wildman–Crippen LogP) is 5.99. The van der Waals surface area contributed by atoms with Crippen molar-refractivity contribution in [3.8, 4) is 22.3 Å². The number of nitrogens with zero attached hydrogens (tertiary/aromatic N) is 1. The zero-order chi connectivity index (χ0) is 16.1. The van der Waals surface area contributed by atoms with Crippen molar-refractivity contribution in [1.29, 1.82) is 0 Å². The molecule has 0 radical (unpaired) electrons. The Hall–Kier alpha value is -2.80. The molecule has 0 saturated carbocycles. The zero-order valence-electron chi connectivity index (χ0n) is 13.4. The van der Waals surface area contributed by atoms with Gasteiger partial charge in [-0.3, -0.25) is 0 Å². The molecule has 0 unspecified atom stereocenters. The second-order valence-electron chi connectivity index (χ2n) is 5.47. The fraction of sp³-hybridized carbons (Fsp3) is 0.0909. The lowest BCUT2D eigenvalue weighted by atomic mass is 9.98. The molecule has 3 aromatic rings. The van der Waals surface area contributed by atoms with E-state index in [9.17, 15) is 0 Å². The van der Waals surface area contributed by atoms with Crippen molar-refractivity contribution < 1.29 is 0 Å². The van der Waals surface area contributed by atoms with Crippen LogP contribution < -0.4 is 4.90 Å². The minimum absolute atomic E-state index is 0.899. The van der Waals surface area contributed by atoms with E-state index in [1.165, 1.54) is 27.9 Å². The Labute approximate surface area is 138 Å². The summed E-state index contributed by atoms with van der Waals surface area (Å²) in [6, 6.07) is 27.7. The summed E-state index contributed by atoms with van der Waals surface area (Å²) in [5, 5.41) is 0. The highest BCUT2D eigenvalue weighted by Gasteiger charge is 2.08. The average molecular weight is 299 g/mol. The molecule has 1 nitrogen and oxygen atoms in total. The molecule has 23 heavy (non-hydrogen) atoms.